The van der Waals surface area contributed by atoms with E-state index in [0.717, 1.165) is 0 Å². The van der Waals surface area contributed by atoms with Crippen molar-refractivity contribution >= 4 is 18.1 Å². The van der Waals surface area contributed by atoms with Gasteiger partial charge in [-0.1, -0.05) is 13.8 Å². The fourth-order valence-electron chi connectivity index (χ4n) is 1.49. The lowest BCUT2D eigenvalue weighted by molar-refractivity contribution is -0.122. The van der Waals surface area contributed by atoms with Crippen LogP contribution in [0.2, 0.25) is 0 Å². The van der Waals surface area contributed by atoms with Crippen molar-refractivity contribution in [2.45, 2.75) is 26.5 Å². The zero-order valence-corrected chi connectivity index (χ0v) is 9.41. The number of carbonyl (C=O) groups excluding carboxylic acids is 1. The van der Waals surface area contributed by atoms with Crippen LogP contribution < -0.4 is 5.73 Å². The maximum absolute atomic E-state index is 11.3. The topological polar surface area (TPSA) is 96.9 Å². The molecule has 7 heteroatoms. The van der Waals surface area contributed by atoms with Crippen molar-refractivity contribution in [3.63, 3.8) is 0 Å². The zero-order chi connectivity index (χ0) is 11.6. The summed E-state index contributed by atoms with van der Waals surface area (Å²) < 4.78 is 1.75. The van der Waals surface area contributed by atoms with Crippen molar-refractivity contribution in [2.24, 2.45) is 11.7 Å². The Morgan fingerprint density at radius 1 is 1.73 bits per heavy atom. The summed E-state index contributed by atoms with van der Waals surface area (Å²) in [5.41, 5.74) is 5.29. The van der Waals surface area contributed by atoms with Crippen LogP contribution in [-0.2, 0) is 11.4 Å². The molecule has 84 valence electrons. The van der Waals surface area contributed by atoms with Crippen LogP contribution in [0.1, 0.15) is 25.7 Å². The number of H-pyrrole nitrogens is 1. The number of aromatic amines is 1. The van der Waals surface area contributed by atoms with Gasteiger partial charge in [0.2, 0.25) is 5.91 Å². The number of hydrogen-bond donors (Lipinski definition) is 3. The molecule has 4 N–H and O–H groups in total. The van der Waals surface area contributed by atoms with Gasteiger partial charge in [-0.25, -0.2) is 0 Å². The summed E-state index contributed by atoms with van der Waals surface area (Å²) in [6.07, 6.45) is 0. The molecule has 15 heavy (non-hydrogen) atoms. The Hall–Kier alpha value is -1.21. The van der Waals surface area contributed by atoms with Gasteiger partial charge in [0, 0.05) is 0 Å². The van der Waals surface area contributed by atoms with Crippen LogP contribution in [0.25, 0.3) is 0 Å². The highest BCUT2D eigenvalue weighted by molar-refractivity contribution is 7.71. The first-order valence-electron chi connectivity index (χ1n) is 4.55. The number of carbonyl (C=O) groups is 1. The molecule has 0 radical (unpaired) electrons. The number of primary amides is 1. The summed E-state index contributed by atoms with van der Waals surface area (Å²) in [4.78, 5) is 11.3. The molecule has 0 saturated carbocycles. The Bertz CT molecular complexity index is 409. The maximum Gasteiger partial charge on any atom is 0.240 e. The minimum atomic E-state index is -0.585. The molecule has 1 rings (SSSR count). The minimum Gasteiger partial charge on any atom is -0.388 e. The number of nitrogens with one attached hydrogen (secondary N) is 1. The van der Waals surface area contributed by atoms with Crippen molar-refractivity contribution < 1.29 is 9.90 Å². The number of rotatable bonds is 4. The van der Waals surface area contributed by atoms with Crippen LogP contribution in [0.5, 0.6) is 0 Å². The lowest BCUT2D eigenvalue weighted by Gasteiger charge is -2.19. The largest absolute Gasteiger partial charge is 0.388 e. The van der Waals surface area contributed by atoms with E-state index >= 15 is 0 Å². The van der Waals surface area contributed by atoms with E-state index < -0.39 is 11.9 Å². The third kappa shape index (κ3) is 2.24. The second-order valence-corrected chi connectivity index (χ2v) is 3.95. The van der Waals surface area contributed by atoms with Crippen molar-refractivity contribution in [1.82, 2.24) is 14.8 Å². The molecule has 1 heterocycles. The predicted molar refractivity (Wildman–Crippen MR) is 56.4 cm³/mol. The van der Waals surface area contributed by atoms with Gasteiger partial charge in [0.1, 0.15) is 12.6 Å². The Kier molecular flexibility index (Phi) is 3.59. The molecular weight excluding hydrogens is 216 g/mol. The van der Waals surface area contributed by atoms with Crippen molar-refractivity contribution in [3.8, 4) is 0 Å². The predicted octanol–water partition coefficient (Wildman–Crippen LogP) is 0.115. The normalized spacial score (nSPS) is 13.1. The maximum atomic E-state index is 11.3. The lowest BCUT2D eigenvalue weighted by Crippen LogP contribution is -2.31. The zero-order valence-electron chi connectivity index (χ0n) is 8.60. The molecule has 0 bridgehead atoms. The van der Waals surface area contributed by atoms with Gasteiger partial charge in [-0.2, -0.15) is 5.10 Å². The van der Waals surface area contributed by atoms with Gasteiger partial charge in [-0.3, -0.25) is 14.5 Å². The van der Waals surface area contributed by atoms with E-state index in [-0.39, 0.29) is 17.3 Å². The Balaban J connectivity index is 3.27. The molecule has 0 aliphatic heterocycles. The summed E-state index contributed by atoms with van der Waals surface area (Å²) in [5, 5.41) is 15.4. The van der Waals surface area contributed by atoms with Gasteiger partial charge in [-0.05, 0) is 18.1 Å². The van der Waals surface area contributed by atoms with E-state index in [2.05, 4.69) is 10.2 Å². The molecule has 1 atom stereocenters. The summed E-state index contributed by atoms with van der Waals surface area (Å²) in [7, 11) is 0. The number of aliphatic hydroxyl groups excluding tert-OH is 1. The molecule has 0 aromatic carbocycles. The van der Waals surface area contributed by atoms with Crippen LogP contribution in [0, 0.1) is 10.7 Å². The van der Waals surface area contributed by atoms with E-state index in [1.54, 1.807) is 0 Å². The first-order chi connectivity index (χ1) is 6.99. The molecule has 6 nitrogen and oxygen atoms in total. The fourth-order valence-corrected chi connectivity index (χ4v) is 1.75. The number of aliphatic hydroxyl groups is 1. The number of aromatic nitrogens is 3. The molecule has 0 aliphatic rings. The number of nitrogens with zero attached hydrogens (tertiary/aromatic N) is 2. The van der Waals surface area contributed by atoms with Crippen LogP contribution >= 0.6 is 12.2 Å². The van der Waals surface area contributed by atoms with Crippen LogP contribution in [-0.4, -0.2) is 25.8 Å². The smallest absolute Gasteiger partial charge is 0.240 e. The Morgan fingerprint density at radius 2 is 2.33 bits per heavy atom. The Morgan fingerprint density at radius 3 is 2.73 bits per heavy atom. The summed E-state index contributed by atoms with van der Waals surface area (Å²) in [6, 6.07) is -0.585. The number of hydrogen-bond acceptors (Lipinski definition) is 4. The highest BCUT2D eigenvalue weighted by Crippen LogP contribution is 2.19. The lowest BCUT2D eigenvalue weighted by atomic mass is 10.0. The molecule has 1 aromatic heterocycles. The third-order valence-corrected chi connectivity index (χ3v) is 2.41. The molecule has 0 aliphatic carbocycles. The average molecular weight is 230 g/mol. The molecule has 0 saturated heterocycles. The van der Waals surface area contributed by atoms with E-state index in [4.69, 9.17) is 23.1 Å². The molecule has 1 unspecified atom stereocenters. The molecule has 1 amide bonds. The SMILES string of the molecule is CC(C)C(C(N)=O)n1c(CO)n[nH]c1=S. The summed E-state index contributed by atoms with van der Waals surface area (Å²) in [5.74, 6) is -0.188. The van der Waals surface area contributed by atoms with E-state index in [1.807, 2.05) is 13.8 Å². The van der Waals surface area contributed by atoms with Gasteiger partial charge in [0.15, 0.2) is 10.6 Å². The van der Waals surface area contributed by atoms with Gasteiger partial charge < -0.3 is 10.8 Å². The standard InChI is InChI=1S/C8H14N4O2S/c1-4(2)6(7(9)14)12-5(3-13)10-11-8(12)15/h4,6,13H,3H2,1-2H3,(H2,9,14)(H,11,15). The summed E-state index contributed by atoms with van der Waals surface area (Å²) in [6.45, 7) is 3.42. The van der Waals surface area contributed by atoms with E-state index in [9.17, 15) is 4.79 Å². The second-order valence-electron chi connectivity index (χ2n) is 3.56. The van der Waals surface area contributed by atoms with Gasteiger partial charge in [0.05, 0.1) is 0 Å². The van der Waals surface area contributed by atoms with Crippen LogP contribution in [0.15, 0.2) is 0 Å². The molecule has 0 spiro atoms. The fraction of sp³-hybridized carbons (Fsp3) is 0.625. The molecule has 1 aromatic rings. The van der Waals surface area contributed by atoms with Crippen LogP contribution in [0.4, 0.5) is 0 Å². The molecular formula is C8H14N4O2S. The van der Waals surface area contributed by atoms with Crippen molar-refractivity contribution in [2.75, 3.05) is 0 Å². The first-order valence-corrected chi connectivity index (χ1v) is 4.95. The van der Waals surface area contributed by atoms with Gasteiger partial charge >= 0.3 is 0 Å². The monoisotopic (exact) mass is 230 g/mol. The third-order valence-electron chi connectivity index (χ3n) is 2.12. The van der Waals surface area contributed by atoms with Gasteiger partial charge in [-0.15, -0.1) is 0 Å². The van der Waals surface area contributed by atoms with Crippen molar-refractivity contribution in [1.29, 1.82) is 0 Å². The number of amides is 1. The number of nitrogens with two attached hydrogens (primary N) is 1. The minimum absolute atomic E-state index is 0.0166. The second kappa shape index (κ2) is 4.54. The van der Waals surface area contributed by atoms with E-state index in [0.29, 0.717) is 5.82 Å². The van der Waals surface area contributed by atoms with Gasteiger partial charge in [0.25, 0.3) is 0 Å². The highest BCUT2D eigenvalue weighted by Gasteiger charge is 2.25. The Labute approximate surface area is 92.1 Å². The molecule has 0 fully saturated rings. The van der Waals surface area contributed by atoms with Crippen LogP contribution in [0.3, 0.4) is 0 Å². The van der Waals surface area contributed by atoms with E-state index in [1.165, 1.54) is 4.57 Å². The highest BCUT2D eigenvalue weighted by atomic mass is 32.1. The van der Waals surface area contributed by atoms with Crippen molar-refractivity contribution in [3.05, 3.63) is 10.6 Å². The average Bonchev–Trinajstić information content (AvgIpc) is 2.47. The quantitative estimate of drug-likeness (QED) is 0.640. The first kappa shape index (κ1) is 11.9. The summed E-state index contributed by atoms with van der Waals surface area (Å²) >= 11 is 4.98.